The van der Waals surface area contributed by atoms with Gasteiger partial charge in [-0.1, -0.05) is 6.92 Å². The lowest BCUT2D eigenvalue weighted by atomic mass is 9.88. The van der Waals surface area contributed by atoms with Crippen molar-refractivity contribution in [2.75, 3.05) is 17.2 Å². The van der Waals surface area contributed by atoms with Gasteiger partial charge in [0.25, 0.3) is 0 Å². The van der Waals surface area contributed by atoms with E-state index < -0.39 is 34.8 Å². The van der Waals surface area contributed by atoms with Crippen LogP contribution in [0.5, 0.6) is 0 Å². The number of rotatable bonds is 5. The topological polar surface area (TPSA) is 84.5 Å². The van der Waals surface area contributed by atoms with Gasteiger partial charge in [-0.2, -0.15) is 13.2 Å². The van der Waals surface area contributed by atoms with Crippen LogP contribution in [0, 0.1) is 5.92 Å². The molecule has 2 N–H and O–H groups in total. The van der Waals surface area contributed by atoms with Crippen LogP contribution in [0.3, 0.4) is 0 Å². The number of esters is 1. The average molecular weight is 513 g/mol. The Hall–Kier alpha value is -2.53. The molecule has 11 heteroatoms. The van der Waals surface area contributed by atoms with Crippen molar-refractivity contribution in [2.24, 2.45) is 5.92 Å². The van der Waals surface area contributed by atoms with Crippen LogP contribution in [-0.2, 0) is 33.3 Å². The van der Waals surface area contributed by atoms with Gasteiger partial charge >= 0.3 is 12.1 Å². The van der Waals surface area contributed by atoms with Crippen LogP contribution in [0.15, 0.2) is 23.1 Å². The fourth-order valence-electron chi connectivity index (χ4n) is 4.07. The molecule has 0 fully saturated rings. The number of thioether (sulfide) groups is 1. The Morgan fingerprint density at radius 3 is 2.76 bits per heavy atom. The summed E-state index contributed by atoms with van der Waals surface area (Å²) < 4.78 is 44.1. The Morgan fingerprint density at radius 2 is 2.06 bits per heavy atom. The molecule has 1 aromatic heterocycles. The predicted molar refractivity (Wildman–Crippen MR) is 124 cm³/mol. The number of thiophene rings is 1. The number of benzene rings is 1. The molecular weight excluding hydrogens is 489 g/mol. The zero-order valence-corrected chi connectivity index (χ0v) is 20.1. The summed E-state index contributed by atoms with van der Waals surface area (Å²) in [6.45, 7) is 4.06. The molecule has 34 heavy (non-hydrogen) atoms. The van der Waals surface area contributed by atoms with Gasteiger partial charge in [-0.3, -0.25) is 9.59 Å². The Kier molecular flexibility index (Phi) is 6.95. The van der Waals surface area contributed by atoms with Crippen molar-refractivity contribution in [3.8, 4) is 0 Å². The summed E-state index contributed by atoms with van der Waals surface area (Å²) in [6, 6.07) is 3.13. The van der Waals surface area contributed by atoms with E-state index in [2.05, 4.69) is 17.6 Å². The van der Waals surface area contributed by atoms with Crippen LogP contribution in [0.1, 0.15) is 53.1 Å². The fourth-order valence-corrected chi connectivity index (χ4v) is 6.57. The molecule has 1 aromatic carbocycles. The van der Waals surface area contributed by atoms with Crippen LogP contribution >= 0.6 is 23.1 Å². The number of carbonyl (C=O) groups is 3. The van der Waals surface area contributed by atoms with E-state index in [0.29, 0.717) is 21.4 Å². The molecule has 0 spiro atoms. The third-order valence-corrected chi connectivity index (χ3v) is 8.19. The maximum absolute atomic E-state index is 13.0. The van der Waals surface area contributed by atoms with Crippen molar-refractivity contribution in [3.05, 3.63) is 39.8 Å². The molecule has 0 saturated heterocycles. The van der Waals surface area contributed by atoms with E-state index >= 15 is 0 Å². The molecule has 2 aromatic rings. The van der Waals surface area contributed by atoms with E-state index in [1.54, 1.807) is 6.92 Å². The van der Waals surface area contributed by atoms with Crippen LogP contribution in [0.4, 0.5) is 23.9 Å². The van der Waals surface area contributed by atoms with Gasteiger partial charge in [-0.05, 0) is 55.9 Å². The number of ether oxygens (including phenoxy) is 1. The maximum atomic E-state index is 13.0. The fraction of sp³-hybridized carbons (Fsp3) is 0.435. The molecule has 2 aliphatic rings. The van der Waals surface area contributed by atoms with Gasteiger partial charge in [-0.15, -0.1) is 23.1 Å². The number of hydrogen-bond acceptors (Lipinski definition) is 6. The summed E-state index contributed by atoms with van der Waals surface area (Å²) in [5.41, 5.74) is 0.515. The molecule has 0 radical (unpaired) electrons. The first-order valence-electron chi connectivity index (χ1n) is 10.9. The van der Waals surface area contributed by atoms with Gasteiger partial charge in [0.05, 0.1) is 28.7 Å². The quantitative estimate of drug-likeness (QED) is 0.516. The molecule has 4 rings (SSSR count). The number of fused-ring (bicyclic) bond motifs is 2. The summed E-state index contributed by atoms with van der Waals surface area (Å²) in [7, 11) is 0. The van der Waals surface area contributed by atoms with Crippen molar-refractivity contribution in [1.29, 1.82) is 0 Å². The van der Waals surface area contributed by atoms with Gasteiger partial charge in [0.15, 0.2) is 0 Å². The second-order valence-corrected chi connectivity index (χ2v) is 10.7. The van der Waals surface area contributed by atoms with Crippen molar-refractivity contribution < 1.29 is 32.3 Å². The van der Waals surface area contributed by atoms with Crippen molar-refractivity contribution >= 4 is 51.6 Å². The van der Waals surface area contributed by atoms with E-state index in [0.717, 1.165) is 53.6 Å². The van der Waals surface area contributed by atoms with E-state index in [-0.39, 0.29) is 18.7 Å². The van der Waals surface area contributed by atoms with Crippen LogP contribution in [-0.4, -0.2) is 29.6 Å². The third-order valence-electron chi connectivity index (χ3n) is 5.74. The molecule has 6 nitrogen and oxygen atoms in total. The minimum Gasteiger partial charge on any atom is -0.462 e. The molecule has 0 bridgehead atoms. The zero-order chi connectivity index (χ0) is 24.6. The van der Waals surface area contributed by atoms with Gasteiger partial charge < -0.3 is 15.4 Å². The Morgan fingerprint density at radius 1 is 1.29 bits per heavy atom. The Bertz CT molecular complexity index is 1150. The number of halogens is 3. The lowest BCUT2D eigenvalue weighted by Gasteiger charge is -2.24. The minimum atomic E-state index is -4.52. The van der Waals surface area contributed by atoms with Gasteiger partial charge in [0.2, 0.25) is 11.8 Å². The van der Waals surface area contributed by atoms with E-state index in [1.165, 1.54) is 17.4 Å². The smallest absolute Gasteiger partial charge is 0.416 e. The molecular formula is C23H23F3N2O4S2. The van der Waals surface area contributed by atoms with Gasteiger partial charge in [-0.25, -0.2) is 4.79 Å². The number of alkyl halides is 3. The summed E-state index contributed by atoms with van der Waals surface area (Å²) >= 11 is 2.40. The second-order valence-electron chi connectivity index (χ2n) is 8.33. The molecule has 2 heterocycles. The lowest BCUT2D eigenvalue weighted by Crippen LogP contribution is -2.32. The predicted octanol–water partition coefficient (Wildman–Crippen LogP) is 5.51. The lowest BCUT2D eigenvalue weighted by molar-refractivity contribution is -0.137. The average Bonchev–Trinajstić information content (AvgIpc) is 3.10. The SMILES string of the molecule is CCOC(=O)c1c(NC(=O)C[C@@H]2Sc3ccc(C(F)(F)F)cc3NC2=O)sc2c1CC[C@H](C)C2. The highest BCUT2D eigenvalue weighted by molar-refractivity contribution is 8.01. The number of carbonyl (C=O) groups excluding carboxylic acids is 3. The normalized spacial score (nSPS) is 19.6. The number of anilines is 2. The van der Waals surface area contributed by atoms with E-state index in [9.17, 15) is 27.6 Å². The number of amides is 2. The molecule has 2 atom stereocenters. The van der Waals surface area contributed by atoms with E-state index in [1.807, 2.05) is 0 Å². The molecule has 0 saturated carbocycles. The summed E-state index contributed by atoms with van der Waals surface area (Å²) in [5, 5.41) is 4.85. The van der Waals surface area contributed by atoms with E-state index in [4.69, 9.17) is 4.74 Å². The second kappa shape index (κ2) is 9.61. The summed E-state index contributed by atoms with van der Waals surface area (Å²) in [5.74, 6) is -1.01. The highest BCUT2D eigenvalue weighted by Gasteiger charge is 2.35. The first-order valence-corrected chi connectivity index (χ1v) is 12.6. The zero-order valence-electron chi connectivity index (χ0n) is 18.5. The Labute approximate surface area is 202 Å². The van der Waals surface area contributed by atoms with Crippen molar-refractivity contribution in [1.82, 2.24) is 0 Å². The number of nitrogens with one attached hydrogen (secondary N) is 2. The van der Waals surface area contributed by atoms with Crippen LogP contribution < -0.4 is 10.6 Å². The number of hydrogen-bond donors (Lipinski definition) is 2. The maximum Gasteiger partial charge on any atom is 0.416 e. The van der Waals surface area contributed by atoms with Crippen LogP contribution in [0.2, 0.25) is 0 Å². The minimum absolute atomic E-state index is 0.0751. The third kappa shape index (κ3) is 5.10. The van der Waals surface area contributed by atoms with Crippen molar-refractivity contribution in [2.45, 2.75) is 55.9 Å². The largest absolute Gasteiger partial charge is 0.462 e. The monoisotopic (exact) mass is 512 g/mol. The highest BCUT2D eigenvalue weighted by atomic mass is 32.2. The summed E-state index contributed by atoms with van der Waals surface area (Å²) in [4.78, 5) is 39.5. The van der Waals surface area contributed by atoms with Gasteiger partial charge in [0, 0.05) is 16.2 Å². The van der Waals surface area contributed by atoms with Crippen LogP contribution in [0.25, 0.3) is 0 Å². The van der Waals surface area contributed by atoms with Crippen molar-refractivity contribution in [3.63, 3.8) is 0 Å². The first-order chi connectivity index (χ1) is 16.1. The van der Waals surface area contributed by atoms with Gasteiger partial charge in [0.1, 0.15) is 5.00 Å². The molecule has 0 unspecified atom stereocenters. The first kappa shape index (κ1) is 24.6. The molecule has 1 aliphatic carbocycles. The standard InChI is InChI=1S/C23H23F3N2O4S2/c1-3-32-22(31)19-13-6-4-11(2)8-16(13)34-21(19)28-18(29)10-17-20(30)27-14-9-12(23(24,25)26)5-7-15(14)33-17/h5,7,9,11,17H,3-4,6,8,10H2,1-2H3,(H,27,30)(H,28,29)/t11-,17-/m0/s1. The molecule has 182 valence electrons. The highest BCUT2D eigenvalue weighted by Crippen LogP contribution is 2.42. The summed E-state index contributed by atoms with van der Waals surface area (Å²) in [6.07, 6.45) is -2.22. The molecule has 2 amide bonds. The molecule has 1 aliphatic heterocycles. The Balaban J connectivity index is 1.50.